The molecule has 0 radical (unpaired) electrons. The highest BCUT2D eigenvalue weighted by atomic mass is 16.7. The molecule has 9 N–H and O–H groups in total. The van der Waals surface area contributed by atoms with Crippen LogP contribution in [-0.4, -0.2) is 140 Å². The molecule has 1 amide bonds. The third kappa shape index (κ3) is 32.4. The van der Waals surface area contributed by atoms with E-state index in [-0.39, 0.29) is 12.5 Å². The molecule has 436 valence electrons. The van der Waals surface area contributed by atoms with Crippen LogP contribution in [0.2, 0.25) is 0 Å². The van der Waals surface area contributed by atoms with Crippen LogP contribution in [0.3, 0.4) is 0 Å². The van der Waals surface area contributed by atoms with E-state index < -0.39 is 86.8 Å². The Morgan fingerprint density at radius 2 is 0.920 bits per heavy atom. The van der Waals surface area contributed by atoms with E-state index >= 15 is 0 Å². The number of aliphatic hydroxyl groups is 8. The molecule has 2 fully saturated rings. The second kappa shape index (κ2) is 46.6. The van der Waals surface area contributed by atoms with E-state index in [9.17, 15) is 45.6 Å². The number of allylic oxidation sites excluding steroid dienone is 10. The first-order chi connectivity index (χ1) is 36.6. The van der Waals surface area contributed by atoms with Gasteiger partial charge in [-0.2, -0.15) is 0 Å². The summed E-state index contributed by atoms with van der Waals surface area (Å²) in [5.74, 6) is -0.214. The van der Waals surface area contributed by atoms with Crippen molar-refractivity contribution in [3.63, 3.8) is 0 Å². The fraction of sp³-hybridized carbons (Fsp3) is 0.820. The maximum Gasteiger partial charge on any atom is 0.220 e. The Bertz CT molecular complexity index is 1490. The van der Waals surface area contributed by atoms with Crippen molar-refractivity contribution in [1.29, 1.82) is 0 Å². The number of rotatable bonds is 47. The van der Waals surface area contributed by atoms with Crippen LogP contribution in [0.25, 0.3) is 0 Å². The van der Waals surface area contributed by atoms with Gasteiger partial charge in [-0.15, -0.1) is 0 Å². The second-order valence-electron chi connectivity index (χ2n) is 21.1. The smallest absolute Gasteiger partial charge is 0.220 e. The van der Waals surface area contributed by atoms with Gasteiger partial charge in [0.2, 0.25) is 5.91 Å². The predicted molar refractivity (Wildman–Crippen MR) is 300 cm³/mol. The summed E-state index contributed by atoms with van der Waals surface area (Å²) in [4.78, 5) is 13.3. The van der Waals surface area contributed by atoms with Crippen LogP contribution in [0.4, 0.5) is 0 Å². The molecule has 0 saturated carbocycles. The number of ether oxygens (including phenoxy) is 4. The van der Waals surface area contributed by atoms with Gasteiger partial charge in [-0.05, 0) is 57.8 Å². The van der Waals surface area contributed by atoms with Crippen molar-refractivity contribution in [3.05, 3.63) is 60.8 Å². The summed E-state index contributed by atoms with van der Waals surface area (Å²) in [5, 5.41) is 87.3. The summed E-state index contributed by atoms with van der Waals surface area (Å²) >= 11 is 0. The lowest BCUT2D eigenvalue weighted by molar-refractivity contribution is -0.359. The minimum absolute atomic E-state index is 0.214. The second-order valence-corrected chi connectivity index (χ2v) is 21.1. The van der Waals surface area contributed by atoms with E-state index in [1.807, 2.05) is 0 Å². The van der Waals surface area contributed by atoms with Crippen molar-refractivity contribution in [2.45, 2.75) is 299 Å². The zero-order valence-electron chi connectivity index (χ0n) is 46.8. The highest BCUT2D eigenvalue weighted by Gasteiger charge is 2.51. The van der Waals surface area contributed by atoms with Crippen LogP contribution in [0.15, 0.2) is 60.8 Å². The third-order valence-electron chi connectivity index (χ3n) is 14.5. The molecule has 2 heterocycles. The highest BCUT2D eigenvalue weighted by molar-refractivity contribution is 5.76. The first-order valence-corrected chi connectivity index (χ1v) is 30.0. The van der Waals surface area contributed by atoms with Gasteiger partial charge < -0.3 is 65.1 Å². The molecule has 12 unspecified atom stereocenters. The fourth-order valence-corrected chi connectivity index (χ4v) is 9.68. The molecule has 0 spiro atoms. The largest absolute Gasteiger partial charge is 0.394 e. The lowest BCUT2D eigenvalue weighted by Crippen LogP contribution is -2.65. The van der Waals surface area contributed by atoms with E-state index in [4.69, 9.17) is 18.9 Å². The summed E-state index contributed by atoms with van der Waals surface area (Å²) in [6.07, 6.45) is 42.1. The molecule has 0 bridgehead atoms. The fourth-order valence-electron chi connectivity index (χ4n) is 9.68. The predicted octanol–water partition coefficient (Wildman–Crippen LogP) is 10.2. The van der Waals surface area contributed by atoms with Gasteiger partial charge in [0.25, 0.3) is 0 Å². The van der Waals surface area contributed by atoms with Crippen molar-refractivity contribution in [3.8, 4) is 0 Å². The summed E-state index contributed by atoms with van der Waals surface area (Å²) in [6, 6.07) is -0.835. The van der Waals surface area contributed by atoms with Gasteiger partial charge in [-0.1, -0.05) is 222 Å². The standard InChI is InChI=1S/C61H109NO13/c1-3-5-7-9-11-13-15-17-19-21-22-23-24-25-26-27-28-29-31-33-35-37-39-41-43-45-53(66)62-49(50(65)44-42-40-38-36-34-32-30-20-18-16-14-12-10-8-6-4-2)48-72-60-58(71)56(69)59(52(47-64)74-60)75-61-57(70)55(68)54(67)51(46-63)73-61/h5,7,11,13,17,19,22-23,25-26,49-52,54-61,63-65,67-71H,3-4,6,8-10,12,14-16,18,20-21,24,27-48H2,1-2H3,(H,62,66)/b7-5-,13-11-,19-17-,23-22-,26-25-. The molecule has 0 aromatic carbocycles. The number of hydrogen-bond donors (Lipinski definition) is 9. The molecule has 14 nitrogen and oxygen atoms in total. The lowest BCUT2D eigenvalue weighted by atomic mass is 9.97. The van der Waals surface area contributed by atoms with Crippen LogP contribution in [-0.2, 0) is 23.7 Å². The highest BCUT2D eigenvalue weighted by Crippen LogP contribution is 2.30. The Hall–Kier alpha value is -2.31. The monoisotopic (exact) mass is 1060 g/mol. The number of amides is 1. The van der Waals surface area contributed by atoms with Crippen molar-refractivity contribution >= 4 is 5.91 Å². The Balaban J connectivity index is 1.74. The van der Waals surface area contributed by atoms with E-state index in [0.717, 1.165) is 83.5 Å². The number of hydrogen-bond acceptors (Lipinski definition) is 13. The summed E-state index contributed by atoms with van der Waals surface area (Å²) in [7, 11) is 0. The first-order valence-electron chi connectivity index (χ1n) is 30.0. The molecule has 12 atom stereocenters. The molecule has 2 aliphatic heterocycles. The molecule has 0 aromatic heterocycles. The van der Waals surface area contributed by atoms with Gasteiger partial charge in [0, 0.05) is 6.42 Å². The molecule has 2 aliphatic rings. The first kappa shape index (κ1) is 68.8. The molecule has 2 rings (SSSR count). The van der Waals surface area contributed by atoms with E-state index in [2.05, 4.69) is 79.9 Å². The number of aliphatic hydroxyl groups excluding tert-OH is 8. The van der Waals surface area contributed by atoms with E-state index in [1.165, 1.54) is 109 Å². The Kier molecular flexibility index (Phi) is 42.7. The maximum absolute atomic E-state index is 13.3. The molecule has 14 heteroatoms. The van der Waals surface area contributed by atoms with Gasteiger partial charge in [-0.25, -0.2) is 0 Å². The zero-order chi connectivity index (χ0) is 54.6. The Labute approximate surface area is 454 Å². The van der Waals surface area contributed by atoms with E-state index in [1.54, 1.807) is 0 Å². The molecule has 0 aliphatic carbocycles. The van der Waals surface area contributed by atoms with Gasteiger partial charge in [-0.3, -0.25) is 4.79 Å². The molecule has 2 saturated heterocycles. The summed E-state index contributed by atoms with van der Waals surface area (Å²) < 4.78 is 22.8. The van der Waals surface area contributed by atoms with Crippen molar-refractivity contribution in [1.82, 2.24) is 5.32 Å². The van der Waals surface area contributed by atoms with Gasteiger partial charge in [0.1, 0.15) is 48.8 Å². The van der Waals surface area contributed by atoms with Crippen molar-refractivity contribution in [2.24, 2.45) is 0 Å². The maximum atomic E-state index is 13.3. The SMILES string of the molecule is CC/C=C\C/C=C\C/C=C\C/C=C\C/C=C\CCCCCCCCCCCC(=O)NC(COC1OC(CO)C(OC2OC(CO)C(O)C(O)C2O)C(O)C1O)C(O)CCCCCCCCCCCCCCCCCC. The molecular formula is C61H109NO13. The van der Waals surface area contributed by atoms with E-state index in [0.29, 0.717) is 19.3 Å². The van der Waals surface area contributed by atoms with Crippen LogP contribution in [0.1, 0.15) is 226 Å². The average Bonchev–Trinajstić information content (AvgIpc) is 3.41. The number of nitrogens with one attached hydrogen (secondary N) is 1. The topological polar surface area (TPSA) is 228 Å². The Morgan fingerprint density at radius 1 is 0.493 bits per heavy atom. The average molecular weight is 1060 g/mol. The van der Waals surface area contributed by atoms with Crippen molar-refractivity contribution < 1.29 is 64.6 Å². The van der Waals surface area contributed by atoms with Crippen LogP contribution >= 0.6 is 0 Å². The number of unbranched alkanes of at least 4 members (excludes halogenated alkanes) is 24. The minimum Gasteiger partial charge on any atom is -0.394 e. The van der Waals surface area contributed by atoms with Gasteiger partial charge in [0.15, 0.2) is 12.6 Å². The number of carbonyl (C=O) groups excluding carboxylic acids is 1. The van der Waals surface area contributed by atoms with Crippen LogP contribution < -0.4 is 5.32 Å². The number of carbonyl (C=O) groups is 1. The quantitative estimate of drug-likeness (QED) is 0.0204. The Morgan fingerprint density at radius 3 is 1.41 bits per heavy atom. The summed E-state index contributed by atoms with van der Waals surface area (Å²) in [6.45, 7) is 2.75. The normalized spacial score (nSPS) is 25.5. The van der Waals surface area contributed by atoms with Crippen molar-refractivity contribution in [2.75, 3.05) is 19.8 Å². The van der Waals surface area contributed by atoms with Crippen LogP contribution in [0, 0.1) is 0 Å². The molecular weight excluding hydrogens is 955 g/mol. The summed E-state index contributed by atoms with van der Waals surface area (Å²) in [5.41, 5.74) is 0. The van der Waals surface area contributed by atoms with Crippen LogP contribution in [0.5, 0.6) is 0 Å². The minimum atomic E-state index is -1.78. The zero-order valence-corrected chi connectivity index (χ0v) is 46.8. The lowest BCUT2D eigenvalue weighted by Gasteiger charge is -2.46. The van der Waals surface area contributed by atoms with Gasteiger partial charge in [0.05, 0.1) is 32.0 Å². The third-order valence-corrected chi connectivity index (χ3v) is 14.5. The molecule has 75 heavy (non-hydrogen) atoms. The molecule has 0 aromatic rings. The van der Waals surface area contributed by atoms with Gasteiger partial charge >= 0.3 is 0 Å².